The molecule has 1 saturated carbocycles. The Labute approximate surface area is 169 Å². The summed E-state index contributed by atoms with van der Waals surface area (Å²) in [5.74, 6) is 0.874. The summed E-state index contributed by atoms with van der Waals surface area (Å²) in [6, 6.07) is 0. The number of hydrogen-bond donors (Lipinski definition) is 2. The molecule has 0 bridgehead atoms. The molecule has 1 heterocycles. The van der Waals surface area contributed by atoms with Gasteiger partial charge in [-0.3, -0.25) is 9.67 Å². The predicted molar refractivity (Wildman–Crippen MR) is 114 cm³/mol. The molecule has 0 spiro atoms. The summed E-state index contributed by atoms with van der Waals surface area (Å²) in [5, 5.41) is 10.9. The van der Waals surface area contributed by atoms with Gasteiger partial charge in [0.25, 0.3) is 0 Å². The Kier molecular flexibility index (Phi) is 11.9. The van der Waals surface area contributed by atoms with Crippen molar-refractivity contribution in [2.45, 2.75) is 57.5 Å². The average Bonchev–Trinajstić information content (AvgIpc) is 3.02. The quantitative estimate of drug-likeness (QED) is 0.256. The molecular weight excluding hydrogens is 429 g/mol. The van der Waals surface area contributed by atoms with Crippen LogP contribution in [0.4, 0.5) is 0 Å². The van der Waals surface area contributed by atoms with E-state index in [1.165, 1.54) is 37.7 Å². The molecule has 144 valence electrons. The fourth-order valence-corrected chi connectivity index (χ4v) is 3.08. The Balaban J connectivity index is 0.00000312. The molecule has 0 atom stereocenters. The van der Waals surface area contributed by atoms with Gasteiger partial charge in [-0.15, -0.1) is 24.0 Å². The second-order valence-electron chi connectivity index (χ2n) is 6.54. The van der Waals surface area contributed by atoms with Crippen LogP contribution in [-0.4, -0.2) is 48.6 Å². The van der Waals surface area contributed by atoms with Crippen LogP contribution in [0.2, 0.25) is 0 Å². The maximum atomic E-state index is 5.94. The standard InChI is InChI=1S/C18H33N5O.HI/c1-19-18(20-11-6-8-16-14-22-23(2)15-16)21-12-7-13-24-17-9-4-3-5-10-17;/h14-15,17H,3-13H2,1-2H3,(H2,19,20,21);1H. The Morgan fingerprint density at radius 3 is 2.60 bits per heavy atom. The van der Waals surface area contributed by atoms with Crippen molar-refractivity contribution in [2.24, 2.45) is 12.0 Å². The van der Waals surface area contributed by atoms with Crippen molar-refractivity contribution in [1.29, 1.82) is 0 Å². The van der Waals surface area contributed by atoms with Gasteiger partial charge in [0.05, 0.1) is 12.3 Å². The molecule has 0 unspecified atom stereocenters. The van der Waals surface area contributed by atoms with Gasteiger partial charge in [0.1, 0.15) is 0 Å². The number of aryl methyl sites for hydroxylation is 2. The average molecular weight is 463 g/mol. The monoisotopic (exact) mass is 463 g/mol. The molecule has 2 rings (SSSR count). The van der Waals surface area contributed by atoms with Gasteiger partial charge in [0, 0.05) is 40.0 Å². The summed E-state index contributed by atoms with van der Waals surface area (Å²) < 4.78 is 7.79. The van der Waals surface area contributed by atoms with Crippen LogP contribution in [-0.2, 0) is 18.2 Å². The molecule has 0 aliphatic heterocycles. The molecule has 6 nitrogen and oxygen atoms in total. The second-order valence-corrected chi connectivity index (χ2v) is 6.54. The van der Waals surface area contributed by atoms with E-state index in [1.807, 2.05) is 25.0 Å². The zero-order valence-corrected chi connectivity index (χ0v) is 18.0. The van der Waals surface area contributed by atoms with Crippen LogP contribution >= 0.6 is 24.0 Å². The molecule has 7 heteroatoms. The van der Waals surface area contributed by atoms with E-state index in [0.717, 1.165) is 44.9 Å². The molecule has 0 aromatic carbocycles. The van der Waals surface area contributed by atoms with E-state index in [2.05, 4.69) is 26.9 Å². The predicted octanol–water partition coefficient (Wildman–Crippen LogP) is 2.88. The van der Waals surface area contributed by atoms with E-state index in [0.29, 0.717) is 6.10 Å². The number of guanidine groups is 1. The maximum Gasteiger partial charge on any atom is 0.190 e. The van der Waals surface area contributed by atoms with Crippen LogP contribution < -0.4 is 10.6 Å². The number of aliphatic imine (C=N–C) groups is 1. The van der Waals surface area contributed by atoms with E-state index >= 15 is 0 Å². The smallest absolute Gasteiger partial charge is 0.190 e. The summed E-state index contributed by atoms with van der Waals surface area (Å²) >= 11 is 0. The van der Waals surface area contributed by atoms with Gasteiger partial charge >= 0.3 is 0 Å². The topological polar surface area (TPSA) is 63.5 Å². The third kappa shape index (κ3) is 9.44. The van der Waals surface area contributed by atoms with E-state index in [-0.39, 0.29) is 24.0 Å². The second kappa shape index (κ2) is 13.4. The molecule has 0 radical (unpaired) electrons. The van der Waals surface area contributed by atoms with Crippen molar-refractivity contribution >= 4 is 29.9 Å². The highest BCUT2D eigenvalue weighted by molar-refractivity contribution is 14.0. The Morgan fingerprint density at radius 2 is 1.96 bits per heavy atom. The van der Waals surface area contributed by atoms with Crippen LogP contribution in [0, 0.1) is 0 Å². The number of aromatic nitrogens is 2. The number of halogens is 1. The summed E-state index contributed by atoms with van der Waals surface area (Å²) in [7, 11) is 3.76. The summed E-state index contributed by atoms with van der Waals surface area (Å²) in [6.07, 6.45) is 14.2. The molecule has 1 aliphatic carbocycles. The van der Waals surface area contributed by atoms with Gasteiger partial charge in [-0.2, -0.15) is 5.10 Å². The Hall–Kier alpha value is -0.830. The number of hydrogen-bond acceptors (Lipinski definition) is 3. The van der Waals surface area contributed by atoms with Gasteiger partial charge in [-0.25, -0.2) is 0 Å². The molecule has 25 heavy (non-hydrogen) atoms. The van der Waals surface area contributed by atoms with Gasteiger partial charge < -0.3 is 15.4 Å². The lowest BCUT2D eigenvalue weighted by Gasteiger charge is -2.22. The minimum Gasteiger partial charge on any atom is -0.378 e. The first-order valence-corrected chi connectivity index (χ1v) is 9.31. The van der Waals surface area contributed by atoms with Crippen molar-refractivity contribution in [3.63, 3.8) is 0 Å². The third-order valence-electron chi connectivity index (χ3n) is 4.44. The number of rotatable bonds is 9. The van der Waals surface area contributed by atoms with Gasteiger partial charge in [0.2, 0.25) is 0 Å². The van der Waals surface area contributed by atoms with Crippen molar-refractivity contribution in [2.75, 3.05) is 26.7 Å². The highest BCUT2D eigenvalue weighted by Crippen LogP contribution is 2.20. The van der Waals surface area contributed by atoms with E-state index in [9.17, 15) is 0 Å². The zero-order chi connectivity index (χ0) is 17.0. The molecule has 1 aliphatic rings. The molecule has 1 fully saturated rings. The summed E-state index contributed by atoms with van der Waals surface area (Å²) in [5.41, 5.74) is 1.28. The molecular formula is C18H34IN5O. The first kappa shape index (κ1) is 22.2. The third-order valence-corrected chi connectivity index (χ3v) is 4.44. The van der Waals surface area contributed by atoms with Crippen LogP contribution in [0.1, 0.15) is 50.5 Å². The first-order chi connectivity index (χ1) is 11.8. The van der Waals surface area contributed by atoms with Crippen molar-refractivity contribution < 1.29 is 4.74 Å². The maximum absolute atomic E-state index is 5.94. The lowest BCUT2D eigenvalue weighted by molar-refractivity contribution is 0.0277. The van der Waals surface area contributed by atoms with E-state index in [1.54, 1.807) is 0 Å². The Bertz CT molecular complexity index is 486. The normalized spacial score (nSPS) is 15.7. The number of ether oxygens (including phenoxy) is 1. The molecule has 2 N–H and O–H groups in total. The molecule has 1 aromatic heterocycles. The highest BCUT2D eigenvalue weighted by atomic mass is 127. The van der Waals surface area contributed by atoms with Crippen LogP contribution in [0.3, 0.4) is 0 Å². The SMILES string of the molecule is CN=C(NCCCOC1CCCCC1)NCCCc1cnn(C)c1.I. The van der Waals surface area contributed by atoms with E-state index in [4.69, 9.17) is 4.74 Å². The van der Waals surface area contributed by atoms with Gasteiger partial charge in [-0.1, -0.05) is 19.3 Å². The first-order valence-electron chi connectivity index (χ1n) is 9.31. The lowest BCUT2D eigenvalue weighted by Crippen LogP contribution is -2.38. The molecule has 0 amide bonds. The summed E-state index contributed by atoms with van der Waals surface area (Å²) in [6.45, 7) is 2.65. The lowest BCUT2D eigenvalue weighted by atomic mass is 9.98. The van der Waals surface area contributed by atoms with Gasteiger partial charge in [0.15, 0.2) is 5.96 Å². The van der Waals surface area contributed by atoms with Crippen LogP contribution in [0.5, 0.6) is 0 Å². The largest absolute Gasteiger partial charge is 0.378 e. The number of nitrogens with one attached hydrogen (secondary N) is 2. The fourth-order valence-electron chi connectivity index (χ4n) is 3.08. The van der Waals surface area contributed by atoms with Crippen molar-refractivity contribution in [1.82, 2.24) is 20.4 Å². The minimum absolute atomic E-state index is 0. The Morgan fingerprint density at radius 1 is 1.24 bits per heavy atom. The van der Waals surface area contributed by atoms with Crippen LogP contribution in [0.25, 0.3) is 0 Å². The van der Waals surface area contributed by atoms with Crippen molar-refractivity contribution in [3.8, 4) is 0 Å². The highest BCUT2D eigenvalue weighted by Gasteiger charge is 2.12. The zero-order valence-electron chi connectivity index (χ0n) is 15.7. The van der Waals surface area contributed by atoms with Gasteiger partial charge in [-0.05, 0) is 37.7 Å². The fraction of sp³-hybridized carbons (Fsp3) is 0.778. The van der Waals surface area contributed by atoms with Crippen molar-refractivity contribution in [3.05, 3.63) is 18.0 Å². The van der Waals surface area contributed by atoms with Crippen LogP contribution in [0.15, 0.2) is 17.4 Å². The van der Waals surface area contributed by atoms with E-state index < -0.39 is 0 Å². The summed E-state index contributed by atoms with van der Waals surface area (Å²) in [4.78, 5) is 4.26. The molecule has 1 aromatic rings. The number of nitrogens with zero attached hydrogens (tertiary/aromatic N) is 3. The molecule has 0 saturated heterocycles. The minimum atomic E-state index is 0.